The number of likely N-dealkylation sites (N-methyl/N-ethyl adjacent to an activating group) is 2. The summed E-state index contributed by atoms with van der Waals surface area (Å²) < 4.78 is 0. The minimum atomic E-state index is 0.156. The van der Waals surface area contributed by atoms with E-state index in [-0.39, 0.29) is 11.8 Å². The van der Waals surface area contributed by atoms with Gasteiger partial charge >= 0.3 is 0 Å². The summed E-state index contributed by atoms with van der Waals surface area (Å²) in [5.41, 5.74) is 5.62. The highest BCUT2D eigenvalue weighted by atomic mass is 32.1. The fraction of sp³-hybridized carbons (Fsp3) is 0.846. The molecule has 1 unspecified atom stereocenters. The van der Waals surface area contributed by atoms with E-state index in [9.17, 15) is 4.79 Å². The summed E-state index contributed by atoms with van der Waals surface area (Å²) in [5.74, 6) is 0.390. The fourth-order valence-electron chi connectivity index (χ4n) is 2.09. The van der Waals surface area contributed by atoms with Crippen LogP contribution in [-0.4, -0.2) is 52.9 Å². The number of rotatable bonds is 8. The van der Waals surface area contributed by atoms with Gasteiger partial charge in [0.25, 0.3) is 0 Å². The molecule has 0 radical (unpaired) electrons. The van der Waals surface area contributed by atoms with Crippen LogP contribution in [0.3, 0.4) is 0 Å². The Labute approximate surface area is 115 Å². The van der Waals surface area contributed by atoms with Crippen LogP contribution in [-0.2, 0) is 4.79 Å². The van der Waals surface area contributed by atoms with Gasteiger partial charge in [-0.3, -0.25) is 9.69 Å². The van der Waals surface area contributed by atoms with Crippen molar-refractivity contribution in [2.45, 2.75) is 39.7 Å². The lowest BCUT2D eigenvalue weighted by atomic mass is 10.1. The summed E-state index contributed by atoms with van der Waals surface area (Å²) in [7, 11) is 0. The minimum absolute atomic E-state index is 0.156. The predicted molar refractivity (Wildman–Crippen MR) is 78.5 cm³/mol. The molecule has 4 nitrogen and oxygen atoms in total. The molecule has 104 valence electrons. The molecule has 1 aliphatic carbocycles. The van der Waals surface area contributed by atoms with E-state index in [1.165, 1.54) is 0 Å². The molecule has 0 aliphatic heterocycles. The second kappa shape index (κ2) is 7.04. The molecule has 0 aromatic rings. The number of hydrogen-bond donors (Lipinski definition) is 1. The van der Waals surface area contributed by atoms with Crippen LogP contribution in [0.1, 0.15) is 33.6 Å². The molecule has 2 N–H and O–H groups in total. The summed E-state index contributed by atoms with van der Waals surface area (Å²) in [5, 5.41) is 0. The average Bonchev–Trinajstić information content (AvgIpc) is 3.13. The van der Waals surface area contributed by atoms with Gasteiger partial charge in [0, 0.05) is 25.0 Å². The third kappa shape index (κ3) is 4.53. The number of amides is 1. The number of nitrogens with zero attached hydrogens (tertiary/aromatic N) is 2. The van der Waals surface area contributed by atoms with Gasteiger partial charge < -0.3 is 10.6 Å². The molecule has 1 rings (SSSR count). The smallest absolute Gasteiger partial charge is 0.236 e. The Kier molecular flexibility index (Phi) is 6.02. The number of carbonyl (C=O) groups is 1. The number of hydrogen-bond acceptors (Lipinski definition) is 3. The van der Waals surface area contributed by atoms with Crippen molar-refractivity contribution in [3.63, 3.8) is 0 Å². The maximum atomic E-state index is 12.2. The maximum Gasteiger partial charge on any atom is 0.236 e. The Morgan fingerprint density at radius 2 is 2.00 bits per heavy atom. The number of carbonyl (C=O) groups excluding carboxylic acids is 1. The third-order valence-corrected chi connectivity index (χ3v) is 3.87. The van der Waals surface area contributed by atoms with Gasteiger partial charge in [0.15, 0.2) is 0 Å². The standard InChI is InChI=1S/C13H25N3OS/c1-4-15(8-10(3)13(14)18)9-12(17)16(5-2)11-6-7-11/h10-11H,4-9H2,1-3H3,(H2,14,18). The molecule has 0 bridgehead atoms. The lowest BCUT2D eigenvalue weighted by Crippen LogP contribution is -2.43. The third-order valence-electron chi connectivity index (χ3n) is 3.47. The zero-order chi connectivity index (χ0) is 13.7. The van der Waals surface area contributed by atoms with Crippen molar-refractivity contribution in [2.75, 3.05) is 26.2 Å². The van der Waals surface area contributed by atoms with Crippen molar-refractivity contribution >= 4 is 23.1 Å². The van der Waals surface area contributed by atoms with Gasteiger partial charge in [-0.1, -0.05) is 26.1 Å². The highest BCUT2D eigenvalue weighted by molar-refractivity contribution is 7.80. The van der Waals surface area contributed by atoms with Crippen LogP contribution in [0.15, 0.2) is 0 Å². The van der Waals surface area contributed by atoms with Crippen molar-refractivity contribution in [3.05, 3.63) is 0 Å². The second-order valence-electron chi connectivity index (χ2n) is 5.04. The first-order valence-corrected chi connectivity index (χ1v) is 7.21. The zero-order valence-corrected chi connectivity index (χ0v) is 12.5. The van der Waals surface area contributed by atoms with Gasteiger partial charge in [0.05, 0.1) is 11.5 Å². The Balaban J connectivity index is 2.46. The van der Waals surface area contributed by atoms with Crippen molar-refractivity contribution in [3.8, 4) is 0 Å². The molecule has 0 heterocycles. The molecule has 0 saturated heterocycles. The van der Waals surface area contributed by atoms with Crippen molar-refractivity contribution in [1.82, 2.24) is 9.80 Å². The van der Waals surface area contributed by atoms with Crippen molar-refractivity contribution in [1.29, 1.82) is 0 Å². The van der Waals surface area contributed by atoms with Crippen LogP contribution >= 0.6 is 12.2 Å². The van der Waals surface area contributed by atoms with E-state index in [1.54, 1.807) is 0 Å². The van der Waals surface area contributed by atoms with Crippen LogP contribution < -0.4 is 5.73 Å². The highest BCUT2D eigenvalue weighted by Crippen LogP contribution is 2.26. The molecule has 1 aliphatic rings. The predicted octanol–water partition coefficient (Wildman–Crippen LogP) is 1.24. The molecule has 1 atom stereocenters. The maximum absolute atomic E-state index is 12.2. The molecule has 1 fully saturated rings. The van der Waals surface area contributed by atoms with Gasteiger partial charge in [-0.25, -0.2) is 0 Å². The molecule has 1 saturated carbocycles. The Bertz CT molecular complexity index is 305. The SMILES string of the molecule is CCN(CC(=O)N(CC)C1CC1)CC(C)C(N)=S. The van der Waals surface area contributed by atoms with E-state index < -0.39 is 0 Å². The summed E-state index contributed by atoms with van der Waals surface area (Å²) in [6.45, 7) is 9.02. The fourth-order valence-corrected chi connectivity index (χ4v) is 2.16. The van der Waals surface area contributed by atoms with Gasteiger partial charge in [-0.15, -0.1) is 0 Å². The molecule has 1 amide bonds. The van der Waals surface area contributed by atoms with E-state index in [0.29, 0.717) is 17.6 Å². The molecular formula is C13H25N3OS. The number of thiocarbonyl (C=S) groups is 1. The normalized spacial score (nSPS) is 16.7. The van der Waals surface area contributed by atoms with Gasteiger partial charge in [0.1, 0.15) is 0 Å². The minimum Gasteiger partial charge on any atom is -0.393 e. The molecule has 0 aromatic carbocycles. The quantitative estimate of drug-likeness (QED) is 0.675. The van der Waals surface area contributed by atoms with Crippen molar-refractivity contribution < 1.29 is 4.79 Å². The van der Waals surface area contributed by atoms with Gasteiger partial charge in [0.2, 0.25) is 5.91 Å². The van der Waals surface area contributed by atoms with E-state index in [1.807, 2.05) is 18.7 Å². The van der Waals surface area contributed by atoms with Crippen LogP contribution in [0.5, 0.6) is 0 Å². The van der Waals surface area contributed by atoms with E-state index in [0.717, 1.165) is 32.5 Å². The highest BCUT2D eigenvalue weighted by Gasteiger charge is 2.31. The topological polar surface area (TPSA) is 49.6 Å². The second-order valence-corrected chi connectivity index (χ2v) is 5.51. The van der Waals surface area contributed by atoms with E-state index in [4.69, 9.17) is 18.0 Å². The Morgan fingerprint density at radius 3 is 2.39 bits per heavy atom. The molecule has 18 heavy (non-hydrogen) atoms. The van der Waals surface area contributed by atoms with Crippen LogP contribution in [0, 0.1) is 5.92 Å². The summed E-state index contributed by atoms with van der Waals surface area (Å²) in [6.07, 6.45) is 2.32. The lowest BCUT2D eigenvalue weighted by Gasteiger charge is -2.27. The van der Waals surface area contributed by atoms with E-state index in [2.05, 4.69) is 11.8 Å². The summed E-state index contributed by atoms with van der Waals surface area (Å²) in [6, 6.07) is 0.495. The van der Waals surface area contributed by atoms with Crippen LogP contribution in [0.2, 0.25) is 0 Å². The first kappa shape index (κ1) is 15.4. The Hall–Kier alpha value is -0.680. The van der Waals surface area contributed by atoms with Gasteiger partial charge in [-0.05, 0) is 26.3 Å². The molecule has 0 aromatic heterocycles. The molecule has 0 spiro atoms. The monoisotopic (exact) mass is 271 g/mol. The van der Waals surface area contributed by atoms with Crippen molar-refractivity contribution in [2.24, 2.45) is 11.7 Å². The average molecular weight is 271 g/mol. The van der Waals surface area contributed by atoms with Crippen LogP contribution in [0.25, 0.3) is 0 Å². The van der Waals surface area contributed by atoms with Crippen LogP contribution in [0.4, 0.5) is 0 Å². The first-order chi connectivity index (χ1) is 8.49. The zero-order valence-electron chi connectivity index (χ0n) is 11.7. The lowest BCUT2D eigenvalue weighted by molar-refractivity contribution is -0.132. The molecule has 5 heteroatoms. The Morgan fingerprint density at radius 1 is 1.39 bits per heavy atom. The number of nitrogens with two attached hydrogens (primary N) is 1. The van der Waals surface area contributed by atoms with E-state index >= 15 is 0 Å². The summed E-state index contributed by atoms with van der Waals surface area (Å²) >= 11 is 4.98. The largest absolute Gasteiger partial charge is 0.393 e. The first-order valence-electron chi connectivity index (χ1n) is 6.80. The summed E-state index contributed by atoms with van der Waals surface area (Å²) in [4.78, 5) is 16.8. The van der Waals surface area contributed by atoms with Gasteiger partial charge in [-0.2, -0.15) is 0 Å². The molecular weight excluding hydrogens is 246 g/mol.